The van der Waals surface area contributed by atoms with Gasteiger partial charge in [-0.3, -0.25) is 4.79 Å². The van der Waals surface area contributed by atoms with Crippen molar-refractivity contribution < 1.29 is 4.79 Å². The van der Waals surface area contributed by atoms with E-state index in [9.17, 15) is 10.1 Å². The number of nitriles is 1. The second-order valence-electron chi connectivity index (χ2n) is 6.29. The predicted octanol–water partition coefficient (Wildman–Crippen LogP) is 4.69. The van der Waals surface area contributed by atoms with Crippen molar-refractivity contribution in [2.24, 2.45) is 0 Å². The minimum Gasteiger partial charge on any atom is -0.347 e. The molecule has 120 valence electrons. The molecule has 3 rings (SSSR count). The Labute approximate surface area is 146 Å². The van der Waals surface area contributed by atoms with Gasteiger partial charge >= 0.3 is 0 Å². The van der Waals surface area contributed by atoms with Crippen LogP contribution in [0.15, 0.2) is 64.5 Å². The smallest absolute Gasteiger partial charge is 0.204 e. The summed E-state index contributed by atoms with van der Waals surface area (Å²) < 4.78 is 0. The summed E-state index contributed by atoms with van der Waals surface area (Å²) in [6.07, 6.45) is 3.53. The third-order valence-electron chi connectivity index (χ3n) is 4.50. The van der Waals surface area contributed by atoms with Gasteiger partial charge in [0.25, 0.3) is 0 Å². The van der Waals surface area contributed by atoms with Crippen LogP contribution in [-0.4, -0.2) is 12.8 Å². The Morgan fingerprint density at radius 2 is 2.04 bits per heavy atom. The molecule has 3 nitrogen and oxygen atoms in total. The highest BCUT2D eigenvalue weighted by Crippen LogP contribution is 2.46. The molecular weight excluding hydrogens is 316 g/mol. The van der Waals surface area contributed by atoms with E-state index in [0.717, 1.165) is 11.4 Å². The van der Waals surface area contributed by atoms with E-state index in [0.29, 0.717) is 5.56 Å². The molecule has 0 saturated carbocycles. The molecule has 0 unspecified atom stereocenters. The highest BCUT2D eigenvalue weighted by molar-refractivity contribution is 7.08. The van der Waals surface area contributed by atoms with Crippen LogP contribution in [0.5, 0.6) is 0 Å². The van der Waals surface area contributed by atoms with E-state index in [2.05, 4.69) is 30.9 Å². The predicted molar refractivity (Wildman–Crippen MR) is 98.3 cm³/mol. The van der Waals surface area contributed by atoms with Gasteiger partial charge in [0.15, 0.2) is 0 Å². The van der Waals surface area contributed by atoms with Crippen molar-refractivity contribution >= 4 is 22.8 Å². The van der Waals surface area contributed by atoms with Crippen LogP contribution in [0.2, 0.25) is 0 Å². The second-order valence-corrected chi connectivity index (χ2v) is 7.07. The molecule has 1 aromatic carbocycles. The number of hydrogen-bond donors (Lipinski definition) is 0. The van der Waals surface area contributed by atoms with Crippen molar-refractivity contribution in [1.29, 1.82) is 5.26 Å². The number of benzene rings is 1. The molecule has 0 radical (unpaired) electrons. The molecule has 0 fully saturated rings. The first-order valence-electron chi connectivity index (χ1n) is 7.69. The lowest BCUT2D eigenvalue weighted by Crippen LogP contribution is -2.22. The van der Waals surface area contributed by atoms with Crippen LogP contribution in [0.3, 0.4) is 0 Å². The third-order valence-corrected chi connectivity index (χ3v) is 5.18. The number of rotatable bonds is 3. The van der Waals surface area contributed by atoms with E-state index in [1.165, 1.54) is 16.9 Å². The molecule has 1 aliphatic heterocycles. The van der Waals surface area contributed by atoms with Crippen LogP contribution < -0.4 is 4.90 Å². The maximum atomic E-state index is 12.4. The average Bonchev–Trinajstić information content (AvgIpc) is 3.17. The number of para-hydroxylation sites is 1. The first-order chi connectivity index (χ1) is 11.5. The first kappa shape index (κ1) is 16.2. The molecule has 0 N–H and O–H groups in total. The summed E-state index contributed by atoms with van der Waals surface area (Å²) in [5, 5.41) is 13.0. The molecule has 0 aliphatic carbocycles. The summed E-state index contributed by atoms with van der Waals surface area (Å²) >= 11 is 1.45. The zero-order valence-corrected chi connectivity index (χ0v) is 14.7. The summed E-state index contributed by atoms with van der Waals surface area (Å²) in [7, 11) is 2.01. The number of nitrogens with zero attached hydrogens (tertiary/aromatic N) is 2. The molecule has 0 spiro atoms. The van der Waals surface area contributed by atoms with Gasteiger partial charge in [0, 0.05) is 34.8 Å². The van der Waals surface area contributed by atoms with E-state index in [-0.39, 0.29) is 16.8 Å². The number of hydrogen-bond acceptors (Lipinski definition) is 4. The Kier molecular flexibility index (Phi) is 4.13. The quantitative estimate of drug-likeness (QED) is 0.464. The van der Waals surface area contributed by atoms with Gasteiger partial charge in [0.05, 0.1) is 0 Å². The monoisotopic (exact) mass is 334 g/mol. The van der Waals surface area contributed by atoms with E-state index in [1.807, 2.05) is 36.7 Å². The minimum absolute atomic E-state index is 0.154. The lowest BCUT2D eigenvalue weighted by molar-refractivity contribution is 0.103. The number of allylic oxidation sites excluding steroid dienone is 4. The number of anilines is 1. The number of ketones is 1. The molecule has 2 heterocycles. The van der Waals surface area contributed by atoms with Gasteiger partial charge < -0.3 is 4.90 Å². The minimum atomic E-state index is -0.230. The lowest BCUT2D eigenvalue weighted by atomic mass is 9.83. The maximum Gasteiger partial charge on any atom is 0.204 e. The molecule has 24 heavy (non-hydrogen) atoms. The van der Waals surface area contributed by atoms with Crippen molar-refractivity contribution in [3.8, 4) is 6.07 Å². The van der Waals surface area contributed by atoms with Crippen molar-refractivity contribution in [1.82, 2.24) is 0 Å². The van der Waals surface area contributed by atoms with Crippen LogP contribution in [0.25, 0.3) is 0 Å². The molecular formula is C20H18N2OS. The molecule has 1 aliphatic rings. The van der Waals surface area contributed by atoms with Crippen LogP contribution in [-0.2, 0) is 5.41 Å². The summed E-state index contributed by atoms with van der Waals surface area (Å²) in [6, 6.07) is 12.0. The zero-order chi connectivity index (χ0) is 17.3. The summed E-state index contributed by atoms with van der Waals surface area (Å²) in [4.78, 5) is 14.5. The molecule has 1 aromatic heterocycles. The van der Waals surface area contributed by atoms with Crippen LogP contribution in [0.1, 0.15) is 29.8 Å². The van der Waals surface area contributed by atoms with Gasteiger partial charge in [-0.2, -0.15) is 16.6 Å². The number of likely N-dealkylation sites (N-methyl/N-ethyl adjacent to an activating group) is 1. The van der Waals surface area contributed by atoms with Crippen molar-refractivity contribution in [3.63, 3.8) is 0 Å². The Hall–Kier alpha value is -2.64. The standard InChI is InChI=1S/C20H18N2OS/c1-20(2)16-6-4-5-7-17(16)22(3)18(20)9-8-14(12-21)19(23)15-10-11-24-13-15/h4-11,13H,1-3H3. The van der Waals surface area contributed by atoms with Gasteiger partial charge in [-0.05, 0) is 35.2 Å². The zero-order valence-electron chi connectivity index (χ0n) is 13.9. The van der Waals surface area contributed by atoms with E-state index in [1.54, 1.807) is 17.5 Å². The number of carbonyl (C=O) groups excluding carboxylic acids is 1. The molecule has 0 atom stereocenters. The normalized spacial score (nSPS) is 17.7. The molecule has 4 heteroatoms. The number of Topliss-reactive ketones (excluding diaryl/α,β-unsaturated/α-hetero) is 1. The Balaban J connectivity index is 2.00. The summed E-state index contributed by atoms with van der Waals surface area (Å²) in [5.41, 5.74) is 4.01. The summed E-state index contributed by atoms with van der Waals surface area (Å²) in [5.74, 6) is -0.230. The van der Waals surface area contributed by atoms with Crippen molar-refractivity contribution in [3.05, 3.63) is 75.6 Å². The number of fused-ring (bicyclic) bond motifs is 1. The largest absolute Gasteiger partial charge is 0.347 e. The Morgan fingerprint density at radius 3 is 2.67 bits per heavy atom. The average molecular weight is 334 g/mol. The first-order valence-corrected chi connectivity index (χ1v) is 8.64. The fraction of sp³-hybridized carbons (Fsp3) is 0.200. The summed E-state index contributed by atoms with van der Waals surface area (Å²) in [6.45, 7) is 4.31. The highest BCUT2D eigenvalue weighted by Gasteiger charge is 2.37. The number of thiophene rings is 1. The van der Waals surface area contributed by atoms with Crippen LogP contribution in [0.4, 0.5) is 5.69 Å². The second kappa shape index (κ2) is 6.10. The van der Waals surface area contributed by atoms with Crippen LogP contribution >= 0.6 is 11.3 Å². The molecule has 0 saturated heterocycles. The van der Waals surface area contributed by atoms with Gasteiger partial charge in [-0.25, -0.2) is 0 Å². The number of carbonyl (C=O) groups is 1. The third kappa shape index (κ3) is 2.57. The fourth-order valence-electron chi connectivity index (χ4n) is 3.18. The Bertz CT molecular complexity index is 883. The van der Waals surface area contributed by atoms with E-state index >= 15 is 0 Å². The van der Waals surface area contributed by atoms with E-state index < -0.39 is 0 Å². The topological polar surface area (TPSA) is 44.1 Å². The highest BCUT2D eigenvalue weighted by atomic mass is 32.1. The SMILES string of the molecule is CN1C(=CC=C(C#N)C(=O)c2ccsc2)C(C)(C)c2ccccc21. The van der Waals surface area contributed by atoms with Crippen LogP contribution in [0, 0.1) is 11.3 Å². The van der Waals surface area contributed by atoms with Crippen molar-refractivity contribution in [2.75, 3.05) is 11.9 Å². The maximum absolute atomic E-state index is 12.4. The van der Waals surface area contributed by atoms with Gasteiger partial charge in [0.1, 0.15) is 11.6 Å². The van der Waals surface area contributed by atoms with Gasteiger partial charge in [-0.1, -0.05) is 32.0 Å². The molecule has 0 bridgehead atoms. The lowest BCUT2D eigenvalue weighted by Gasteiger charge is -2.23. The fourth-order valence-corrected chi connectivity index (χ4v) is 3.81. The van der Waals surface area contributed by atoms with Gasteiger partial charge in [0.2, 0.25) is 5.78 Å². The molecule has 0 amide bonds. The van der Waals surface area contributed by atoms with E-state index in [4.69, 9.17) is 0 Å². The molecule has 2 aromatic rings. The van der Waals surface area contributed by atoms with Gasteiger partial charge in [-0.15, -0.1) is 0 Å². The van der Waals surface area contributed by atoms with Crippen molar-refractivity contribution in [2.45, 2.75) is 19.3 Å². The Morgan fingerprint density at radius 1 is 1.29 bits per heavy atom.